The molecule has 15 heteroatoms. The first-order chi connectivity index (χ1) is 18.4. The summed E-state index contributed by atoms with van der Waals surface area (Å²) in [5.41, 5.74) is 1.39. The molecule has 0 fully saturated rings. The van der Waals surface area contributed by atoms with Gasteiger partial charge >= 0.3 is 33.4 Å². The Kier molecular flexibility index (Phi) is 7.13. The van der Waals surface area contributed by atoms with Crippen LogP contribution in [0.2, 0.25) is 0 Å². The average molecular weight is 601 g/mol. The van der Waals surface area contributed by atoms with Crippen molar-refractivity contribution in [1.82, 2.24) is 0 Å². The largest absolute Gasteiger partial charge is 0.460 e. The van der Waals surface area contributed by atoms with Gasteiger partial charge in [-0.2, -0.15) is 47.9 Å². The second kappa shape index (κ2) is 9.63. The summed E-state index contributed by atoms with van der Waals surface area (Å²) in [4.78, 5) is 0. The summed E-state index contributed by atoms with van der Waals surface area (Å²) < 4.78 is 161. The Labute approximate surface area is 220 Å². The van der Waals surface area contributed by atoms with Crippen molar-refractivity contribution in [2.45, 2.75) is 49.2 Å². The molecule has 40 heavy (non-hydrogen) atoms. The monoisotopic (exact) mass is 601 g/mol. The summed E-state index contributed by atoms with van der Waals surface area (Å²) >= 11 is 0. The van der Waals surface area contributed by atoms with Gasteiger partial charge in [-0.25, -0.2) is 4.39 Å². The predicted octanol–water partition coefficient (Wildman–Crippen LogP) is 8.10. The molecule has 0 saturated heterocycles. The summed E-state index contributed by atoms with van der Waals surface area (Å²) in [5.74, 6) is -15.0. The van der Waals surface area contributed by atoms with Gasteiger partial charge in [0, 0.05) is 5.56 Å². The van der Waals surface area contributed by atoms with E-state index in [0.29, 0.717) is 16.7 Å². The highest BCUT2D eigenvalue weighted by Gasteiger charge is 2.86. The molecule has 1 atom stereocenters. The molecule has 0 bridgehead atoms. The first-order valence-electron chi connectivity index (χ1n) is 11.4. The predicted molar refractivity (Wildman–Crippen MR) is 126 cm³/mol. The highest BCUT2D eigenvalue weighted by molar-refractivity contribution is 7.87. The number of hydrogen-bond acceptors (Lipinski definition) is 4. The molecule has 0 spiro atoms. The van der Waals surface area contributed by atoms with Gasteiger partial charge in [-0.3, -0.25) is 4.28 Å². The minimum atomic E-state index is -7.51. The molecule has 1 aliphatic rings. The van der Waals surface area contributed by atoms with Crippen LogP contribution < -0.4 is 0 Å². The zero-order valence-electron chi connectivity index (χ0n) is 20.0. The first-order valence-corrected chi connectivity index (χ1v) is 12.8. The Morgan fingerprint density at radius 3 is 1.95 bits per heavy atom. The second-order valence-corrected chi connectivity index (χ2v) is 10.5. The number of hydrogen-bond donors (Lipinski definition) is 0. The lowest BCUT2D eigenvalue weighted by Crippen LogP contribution is -2.63. The number of fused-ring (bicyclic) bond motifs is 3. The fourth-order valence-electron chi connectivity index (χ4n) is 4.29. The topological polar surface area (TPSA) is 55.7 Å². The Morgan fingerprint density at radius 1 is 0.825 bits per heavy atom. The molecule has 1 unspecified atom stereocenters. The fraction of sp³-hybridized carbons (Fsp3) is 0.320. The van der Waals surface area contributed by atoms with Crippen molar-refractivity contribution in [1.29, 1.82) is 0 Å². The minimum Gasteiger partial charge on any atom is -0.263 e. The molecule has 216 valence electrons. The second-order valence-electron chi connectivity index (χ2n) is 8.89. The molecule has 3 aromatic rings. The number of benzene rings is 3. The summed E-state index contributed by atoms with van der Waals surface area (Å²) in [6.45, 7) is 1.48. The zero-order chi connectivity index (χ0) is 29.9. The van der Waals surface area contributed by atoms with Crippen molar-refractivity contribution in [2.24, 2.45) is 5.16 Å². The molecule has 4 rings (SSSR count). The fourth-order valence-corrected chi connectivity index (χ4v) is 5.00. The molecule has 4 nitrogen and oxygen atoms in total. The molecular weight excluding hydrogens is 584 g/mol. The maximum Gasteiger partial charge on any atom is 0.460 e. The van der Waals surface area contributed by atoms with E-state index >= 15 is 4.39 Å². The van der Waals surface area contributed by atoms with Crippen LogP contribution in [0, 0.1) is 0 Å². The van der Waals surface area contributed by atoms with Gasteiger partial charge in [-0.15, -0.1) is 0 Å². The van der Waals surface area contributed by atoms with Crippen molar-refractivity contribution in [3.63, 3.8) is 0 Å². The van der Waals surface area contributed by atoms with E-state index in [0.717, 1.165) is 16.3 Å². The van der Waals surface area contributed by atoms with Crippen LogP contribution >= 0.6 is 0 Å². The lowest BCUT2D eigenvalue weighted by molar-refractivity contribution is -0.382. The van der Waals surface area contributed by atoms with Gasteiger partial charge in [0.15, 0.2) is 0 Å². The normalized spacial score (nSPS) is 15.3. The number of halogens is 10. The van der Waals surface area contributed by atoms with Crippen LogP contribution in [0.3, 0.4) is 0 Å². The molecule has 0 N–H and O–H groups in total. The maximum absolute atomic E-state index is 15.0. The van der Waals surface area contributed by atoms with Crippen molar-refractivity contribution in [2.75, 3.05) is 0 Å². The van der Waals surface area contributed by atoms with Crippen molar-refractivity contribution in [3.8, 4) is 22.3 Å². The Morgan fingerprint density at radius 2 is 1.40 bits per heavy atom. The molecule has 0 aromatic heterocycles. The lowest BCUT2D eigenvalue weighted by Gasteiger charge is -2.31. The van der Waals surface area contributed by atoms with Crippen LogP contribution in [0.5, 0.6) is 0 Å². The minimum absolute atomic E-state index is 0.0919. The summed E-state index contributed by atoms with van der Waals surface area (Å²) in [6.07, 6.45) is -9.79. The Balaban J connectivity index is 1.77. The van der Waals surface area contributed by atoms with Crippen molar-refractivity contribution >= 4 is 26.6 Å². The van der Waals surface area contributed by atoms with Gasteiger partial charge in [-0.05, 0) is 45.5 Å². The molecule has 0 saturated carbocycles. The van der Waals surface area contributed by atoms with Crippen LogP contribution in [0.25, 0.3) is 33.0 Å². The van der Waals surface area contributed by atoms with Crippen LogP contribution in [0.15, 0.2) is 59.8 Å². The quantitative estimate of drug-likeness (QED) is 0.111. The molecular formula is C25H17F10NO3S. The third-order valence-corrected chi connectivity index (χ3v) is 7.46. The van der Waals surface area contributed by atoms with Gasteiger partial charge in [0.2, 0.25) is 0 Å². The number of nitrogens with zero attached hydrogens (tertiary/aromatic N) is 1. The van der Waals surface area contributed by atoms with E-state index < -0.39 is 51.7 Å². The lowest BCUT2D eigenvalue weighted by atomic mass is 9.96. The number of alkyl halides is 10. The van der Waals surface area contributed by atoms with Crippen LogP contribution in [-0.4, -0.2) is 43.6 Å². The third-order valence-electron chi connectivity index (χ3n) is 6.30. The Hall–Kier alpha value is -3.36. The summed E-state index contributed by atoms with van der Waals surface area (Å²) in [6, 6.07) is 14.7. The van der Waals surface area contributed by atoms with Crippen LogP contribution in [0.4, 0.5) is 43.9 Å². The summed E-state index contributed by atoms with van der Waals surface area (Å²) in [7, 11) is -7.32. The number of rotatable bonds is 9. The maximum atomic E-state index is 15.0. The zero-order valence-corrected chi connectivity index (χ0v) is 20.9. The van der Waals surface area contributed by atoms with Gasteiger partial charge in [-0.1, -0.05) is 67.0 Å². The molecule has 0 radical (unpaired) electrons. The van der Waals surface area contributed by atoms with Crippen molar-refractivity contribution in [3.05, 3.63) is 60.2 Å². The van der Waals surface area contributed by atoms with E-state index in [-0.39, 0.29) is 12.0 Å². The highest BCUT2D eigenvalue weighted by atomic mass is 32.2. The van der Waals surface area contributed by atoms with Gasteiger partial charge < -0.3 is 0 Å². The van der Waals surface area contributed by atoms with Crippen LogP contribution in [0.1, 0.15) is 25.3 Å². The Bertz CT molecular complexity index is 1590. The molecule has 0 aliphatic heterocycles. The van der Waals surface area contributed by atoms with E-state index in [1.54, 1.807) is 24.3 Å². The summed E-state index contributed by atoms with van der Waals surface area (Å²) in [5, 5.41) is -2.70. The molecule has 0 heterocycles. The van der Waals surface area contributed by atoms with Crippen LogP contribution in [-0.2, 0) is 14.4 Å². The van der Waals surface area contributed by atoms with Gasteiger partial charge in [0.05, 0.1) is 0 Å². The van der Waals surface area contributed by atoms with E-state index in [1.807, 2.05) is 12.1 Å². The first kappa shape index (κ1) is 29.6. The van der Waals surface area contributed by atoms with E-state index in [9.17, 15) is 47.9 Å². The standard InChI is InChI=1S/C25H17F10NO3S/c1-2-5-19(26)21(36-39-40(37,38)25(34,35)23(29,30)22(27,28)24(31,32)33)14-10-11-15-16-8-3-6-13-7-4-9-17(20(13)16)18(15)12-14/h3-4,6-12,19H,2,5H2,1H3/b36-21-. The van der Waals surface area contributed by atoms with Crippen molar-refractivity contribution < 1.29 is 56.6 Å². The smallest absolute Gasteiger partial charge is 0.263 e. The third kappa shape index (κ3) is 4.38. The van der Waals surface area contributed by atoms with Gasteiger partial charge in [0.1, 0.15) is 11.9 Å². The SMILES string of the molecule is CCCC(F)/C(=N\OS(=O)(=O)C(F)(F)C(F)(F)C(F)(F)C(F)(F)F)c1ccc2c(c1)-c1cccc3cccc-2c13. The highest BCUT2D eigenvalue weighted by Crippen LogP contribution is 2.55. The van der Waals surface area contributed by atoms with Gasteiger partial charge in [0.25, 0.3) is 0 Å². The van der Waals surface area contributed by atoms with E-state index in [2.05, 4.69) is 9.44 Å². The van der Waals surface area contributed by atoms with E-state index in [4.69, 9.17) is 0 Å². The molecule has 1 aliphatic carbocycles. The molecule has 0 amide bonds. The number of oxime groups is 1. The molecule has 3 aromatic carbocycles. The average Bonchev–Trinajstić information content (AvgIpc) is 3.18. The van der Waals surface area contributed by atoms with E-state index in [1.165, 1.54) is 25.1 Å².